The highest BCUT2D eigenvalue weighted by Gasteiger charge is 2.30. The Morgan fingerprint density at radius 3 is 2.42 bits per heavy atom. The molecule has 2 heterocycles. The lowest BCUT2D eigenvalue weighted by atomic mass is 10.0. The first-order chi connectivity index (χ1) is 15.8. The summed E-state index contributed by atoms with van der Waals surface area (Å²) in [4.78, 5) is 21.5. The number of methoxy groups -OCH3 is 1. The Labute approximate surface area is 188 Å². The summed E-state index contributed by atoms with van der Waals surface area (Å²) in [5, 5.41) is 4.28. The third-order valence-electron chi connectivity index (χ3n) is 5.24. The molecule has 0 radical (unpaired) electrons. The topological polar surface area (TPSA) is 64.1 Å². The van der Waals surface area contributed by atoms with E-state index in [9.17, 15) is 18.0 Å². The van der Waals surface area contributed by atoms with Crippen molar-refractivity contribution in [3.63, 3.8) is 0 Å². The highest BCUT2D eigenvalue weighted by Crippen LogP contribution is 2.34. The van der Waals surface area contributed by atoms with Crippen LogP contribution in [0.5, 0.6) is 5.88 Å². The minimum Gasteiger partial charge on any atom is -0.481 e. The summed E-state index contributed by atoms with van der Waals surface area (Å²) < 4.78 is 44.1. The highest BCUT2D eigenvalue weighted by molar-refractivity contribution is 6.02. The van der Waals surface area contributed by atoms with Crippen molar-refractivity contribution in [2.24, 2.45) is 0 Å². The predicted octanol–water partition coefficient (Wildman–Crippen LogP) is 5.82. The average Bonchev–Trinajstić information content (AvgIpc) is 2.83. The van der Waals surface area contributed by atoms with E-state index in [1.165, 1.54) is 19.2 Å². The molecule has 1 N–H and O–H groups in total. The number of alkyl halides is 3. The van der Waals surface area contributed by atoms with Crippen LogP contribution in [0.1, 0.15) is 34.6 Å². The van der Waals surface area contributed by atoms with Crippen LogP contribution in [0.2, 0.25) is 0 Å². The van der Waals surface area contributed by atoms with Crippen molar-refractivity contribution in [3.8, 4) is 17.1 Å². The lowest BCUT2D eigenvalue weighted by Crippen LogP contribution is -2.27. The fourth-order valence-corrected chi connectivity index (χ4v) is 3.50. The molecule has 0 saturated heterocycles. The van der Waals surface area contributed by atoms with Gasteiger partial charge in [-0.05, 0) is 48.7 Å². The normalized spacial score (nSPS) is 12.4. The maximum Gasteiger partial charge on any atom is 0.416 e. The minimum atomic E-state index is -4.42. The van der Waals surface area contributed by atoms with Crippen LogP contribution in [0.15, 0.2) is 72.9 Å². The number of halogens is 3. The monoisotopic (exact) mass is 451 g/mol. The molecule has 2 aromatic carbocycles. The molecular formula is C25H20F3N3O2. The van der Waals surface area contributed by atoms with Gasteiger partial charge < -0.3 is 10.1 Å². The van der Waals surface area contributed by atoms with Gasteiger partial charge in [-0.15, -0.1) is 0 Å². The van der Waals surface area contributed by atoms with E-state index < -0.39 is 11.7 Å². The molecule has 0 aliphatic heterocycles. The van der Waals surface area contributed by atoms with Crippen molar-refractivity contribution in [2.75, 3.05) is 7.11 Å². The van der Waals surface area contributed by atoms with Gasteiger partial charge in [0.25, 0.3) is 5.91 Å². The van der Waals surface area contributed by atoms with Gasteiger partial charge in [-0.3, -0.25) is 9.78 Å². The number of ether oxygens (including phenoxy) is 1. The molecule has 168 valence electrons. The van der Waals surface area contributed by atoms with Gasteiger partial charge in [-0.25, -0.2) is 4.98 Å². The number of carbonyl (C=O) groups is 1. The Kier molecular flexibility index (Phi) is 6.00. The van der Waals surface area contributed by atoms with Crippen LogP contribution >= 0.6 is 0 Å². The van der Waals surface area contributed by atoms with E-state index >= 15 is 0 Å². The molecule has 8 heteroatoms. The van der Waals surface area contributed by atoms with Crippen molar-refractivity contribution >= 4 is 16.7 Å². The van der Waals surface area contributed by atoms with Crippen LogP contribution in [0.3, 0.4) is 0 Å². The first kappa shape index (κ1) is 22.3. The van der Waals surface area contributed by atoms with Gasteiger partial charge >= 0.3 is 6.18 Å². The summed E-state index contributed by atoms with van der Waals surface area (Å²) >= 11 is 0. The Morgan fingerprint density at radius 2 is 1.79 bits per heavy atom. The second kappa shape index (κ2) is 8.90. The molecule has 1 amide bonds. The van der Waals surface area contributed by atoms with Crippen molar-refractivity contribution in [2.45, 2.75) is 19.1 Å². The number of nitrogens with one attached hydrogen (secondary N) is 1. The number of nitrogens with zero attached hydrogens (tertiary/aromatic N) is 2. The summed E-state index contributed by atoms with van der Waals surface area (Å²) in [5.41, 5.74) is 1.40. The summed E-state index contributed by atoms with van der Waals surface area (Å²) in [6.07, 6.45) is -2.76. The Bertz CT molecular complexity index is 1290. The molecule has 4 rings (SSSR count). The van der Waals surface area contributed by atoms with E-state index in [2.05, 4.69) is 15.3 Å². The number of carbonyl (C=O) groups excluding carboxylic acids is 1. The summed E-state index contributed by atoms with van der Waals surface area (Å²) in [7, 11) is 1.45. The third-order valence-corrected chi connectivity index (χ3v) is 5.24. The molecule has 2 aromatic heterocycles. The van der Waals surface area contributed by atoms with E-state index in [4.69, 9.17) is 4.74 Å². The van der Waals surface area contributed by atoms with E-state index in [1.807, 2.05) is 19.1 Å². The van der Waals surface area contributed by atoms with Crippen molar-refractivity contribution in [1.82, 2.24) is 15.3 Å². The van der Waals surface area contributed by atoms with Crippen LogP contribution < -0.4 is 10.1 Å². The number of fused-ring (bicyclic) bond motifs is 1. The maximum absolute atomic E-state index is 12.9. The molecule has 0 fully saturated rings. The number of benzene rings is 2. The lowest BCUT2D eigenvalue weighted by Gasteiger charge is -2.14. The van der Waals surface area contributed by atoms with Gasteiger partial charge in [-0.2, -0.15) is 13.2 Å². The second-order valence-corrected chi connectivity index (χ2v) is 7.47. The second-order valence-electron chi connectivity index (χ2n) is 7.47. The number of pyridine rings is 2. The van der Waals surface area contributed by atoms with Crippen molar-refractivity contribution < 1.29 is 22.7 Å². The van der Waals surface area contributed by atoms with Crippen LogP contribution in [-0.2, 0) is 6.18 Å². The molecule has 33 heavy (non-hydrogen) atoms. The summed E-state index contributed by atoms with van der Waals surface area (Å²) in [6, 6.07) is 16.8. The lowest BCUT2D eigenvalue weighted by molar-refractivity contribution is -0.137. The zero-order valence-corrected chi connectivity index (χ0v) is 17.9. The number of hydrogen-bond donors (Lipinski definition) is 1. The number of rotatable bonds is 5. The van der Waals surface area contributed by atoms with Crippen LogP contribution in [0, 0.1) is 0 Å². The zero-order valence-electron chi connectivity index (χ0n) is 17.9. The molecule has 0 spiro atoms. The predicted molar refractivity (Wildman–Crippen MR) is 119 cm³/mol. The SMILES string of the molecule is COc1cc2cc(C(=O)N[C@@H](C)c3ccccn3)ccc2c(-c2ccc(C(F)(F)F)cc2)n1. The first-order valence-corrected chi connectivity index (χ1v) is 10.1. The van der Waals surface area contributed by atoms with Crippen molar-refractivity contribution in [3.05, 3.63) is 89.7 Å². The van der Waals surface area contributed by atoms with E-state index in [0.717, 1.165) is 17.8 Å². The molecule has 4 aromatic rings. The molecule has 0 unspecified atom stereocenters. The Balaban J connectivity index is 1.69. The van der Waals surface area contributed by atoms with Crippen LogP contribution in [0.4, 0.5) is 13.2 Å². The van der Waals surface area contributed by atoms with Crippen molar-refractivity contribution in [1.29, 1.82) is 0 Å². The van der Waals surface area contributed by atoms with E-state index in [1.54, 1.807) is 36.5 Å². The third kappa shape index (κ3) is 4.79. The quantitative estimate of drug-likeness (QED) is 0.416. The molecule has 5 nitrogen and oxygen atoms in total. The van der Waals surface area contributed by atoms with Crippen LogP contribution in [0.25, 0.3) is 22.0 Å². The van der Waals surface area contributed by atoms with Gasteiger partial charge in [0.1, 0.15) is 0 Å². The van der Waals surface area contributed by atoms with E-state index in [-0.39, 0.29) is 17.8 Å². The van der Waals surface area contributed by atoms with Gasteiger partial charge in [0.15, 0.2) is 0 Å². The fourth-order valence-electron chi connectivity index (χ4n) is 3.50. The standard InChI is InChI=1S/C25H20F3N3O2/c1-15(21-5-3-4-12-29-21)30-24(32)17-8-11-20-18(13-17)14-22(33-2)31-23(20)16-6-9-19(10-7-16)25(26,27)28/h3-15H,1-2H3,(H,30,32)/t15-/m0/s1. The summed E-state index contributed by atoms with van der Waals surface area (Å²) in [5.74, 6) is 0.0127. The van der Waals surface area contributed by atoms with E-state index in [0.29, 0.717) is 27.6 Å². The number of hydrogen-bond acceptors (Lipinski definition) is 4. The highest BCUT2D eigenvalue weighted by atomic mass is 19.4. The Morgan fingerprint density at radius 1 is 1.03 bits per heavy atom. The molecule has 0 aliphatic carbocycles. The molecule has 0 bridgehead atoms. The van der Waals surface area contributed by atoms with Gasteiger partial charge in [0.2, 0.25) is 5.88 Å². The van der Waals surface area contributed by atoms with Gasteiger partial charge in [0.05, 0.1) is 30.1 Å². The smallest absolute Gasteiger partial charge is 0.416 e. The molecule has 0 aliphatic rings. The first-order valence-electron chi connectivity index (χ1n) is 10.1. The average molecular weight is 451 g/mol. The minimum absolute atomic E-state index is 0.276. The maximum atomic E-state index is 12.9. The molecule has 0 saturated carbocycles. The summed E-state index contributed by atoms with van der Waals surface area (Å²) in [6.45, 7) is 1.84. The molecule has 1 atom stereocenters. The molecular weight excluding hydrogens is 431 g/mol. The van der Waals surface area contributed by atoms with Gasteiger partial charge in [0, 0.05) is 28.8 Å². The van der Waals surface area contributed by atoms with Gasteiger partial charge in [-0.1, -0.05) is 24.3 Å². The fraction of sp³-hybridized carbons (Fsp3) is 0.160. The largest absolute Gasteiger partial charge is 0.481 e. The zero-order chi connectivity index (χ0) is 23.6. The Hall–Kier alpha value is -3.94. The number of amides is 1. The van der Waals surface area contributed by atoms with Crippen LogP contribution in [-0.4, -0.2) is 23.0 Å². The number of aromatic nitrogens is 2.